The van der Waals surface area contributed by atoms with Crippen LogP contribution in [0.4, 0.5) is 4.39 Å². The Hall–Kier alpha value is -0.890. The molecule has 1 aromatic carbocycles. The van der Waals surface area contributed by atoms with Gasteiger partial charge in [0.05, 0.1) is 6.61 Å². The molecule has 1 aliphatic carbocycles. The summed E-state index contributed by atoms with van der Waals surface area (Å²) >= 11 is 0. The maximum absolute atomic E-state index is 13.9. The fraction of sp³-hybridized carbons (Fsp3) is 0.538. The standard InChI is InChI=1S/C13H17FO/c1-13(14,9-15)12-7-6-10-4-2-3-5-11(10)8-12/h6-8,15H,2-5,9H2,1H3/t13-/m1/s1. The molecule has 2 heteroatoms. The number of rotatable bonds is 2. The molecule has 15 heavy (non-hydrogen) atoms. The molecule has 0 bridgehead atoms. The zero-order valence-electron chi connectivity index (χ0n) is 9.09. The summed E-state index contributed by atoms with van der Waals surface area (Å²) in [6.07, 6.45) is 4.58. The molecule has 1 aliphatic rings. The van der Waals surface area contributed by atoms with E-state index in [1.54, 1.807) is 6.07 Å². The first-order valence-electron chi connectivity index (χ1n) is 5.55. The predicted octanol–water partition coefficient (Wildman–Crippen LogP) is 2.74. The van der Waals surface area contributed by atoms with Gasteiger partial charge in [0, 0.05) is 0 Å². The minimum atomic E-state index is -1.60. The predicted molar refractivity (Wildman–Crippen MR) is 58.6 cm³/mol. The molecule has 1 nitrogen and oxygen atoms in total. The minimum absolute atomic E-state index is 0.453. The van der Waals surface area contributed by atoms with Crippen LogP contribution in [-0.4, -0.2) is 11.7 Å². The van der Waals surface area contributed by atoms with Crippen LogP contribution in [0.15, 0.2) is 18.2 Å². The van der Waals surface area contributed by atoms with Crippen molar-refractivity contribution in [2.45, 2.75) is 38.3 Å². The van der Waals surface area contributed by atoms with E-state index in [0.29, 0.717) is 5.56 Å². The second kappa shape index (κ2) is 3.93. The summed E-state index contributed by atoms with van der Waals surface area (Å²) in [5, 5.41) is 8.98. The van der Waals surface area contributed by atoms with Crippen LogP contribution in [0.3, 0.4) is 0 Å². The summed E-state index contributed by atoms with van der Waals surface area (Å²) in [4.78, 5) is 0. The lowest BCUT2D eigenvalue weighted by atomic mass is 9.87. The van der Waals surface area contributed by atoms with Crippen molar-refractivity contribution in [3.8, 4) is 0 Å². The monoisotopic (exact) mass is 208 g/mol. The van der Waals surface area contributed by atoms with Crippen LogP contribution in [0.2, 0.25) is 0 Å². The molecule has 2 rings (SSSR count). The molecule has 0 heterocycles. The lowest BCUT2D eigenvalue weighted by Gasteiger charge is -2.22. The van der Waals surface area contributed by atoms with Gasteiger partial charge in [-0.25, -0.2) is 4.39 Å². The molecular weight excluding hydrogens is 191 g/mol. The van der Waals surface area contributed by atoms with Crippen LogP contribution in [0.25, 0.3) is 0 Å². The van der Waals surface area contributed by atoms with Crippen LogP contribution in [0.1, 0.15) is 36.5 Å². The topological polar surface area (TPSA) is 20.2 Å². The Labute approximate surface area is 89.9 Å². The van der Waals surface area contributed by atoms with Gasteiger partial charge in [-0.2, -0.15) is 0 Å². The third-order valence-corrected chi connectivity index (χ3v) is 3.25. The van der Waals surface area contributed by atoms with E-state index in [1.807, 2.05) is 12.1 Å². The molecule has 0 fully saturated rings. The fourth-order valence-corrected chi connectivity index (χ4v) is 2.15. The number of aliphatic hydroxyl groups excluding tert-OH is 1. The zero-order chi connectivity index (χ0) is 10.9. The first-order valence-corrected chi connectivity index (χ1v) is 5.55. The van der Waals surface area contributed by atoms with Gasteiger partial charge in [-0.15, -0.1) is 0 Å². The number of halogens is 1. The van der Waals surface area contributed by atoms with Crippen molar-refractivity contribution < 1.29 is 9.50 Å². The number of hydrogen-bond acceptors (Lipinski definition) is 1. The molecule has 0 aliphatic heterocycles. The second-order valence-electron chi connectivity index (χ2n) is 4.55. The first-order chi connectivity index (χ1) is 7.13. The van der Waals surface area contributed by atoms with Gasteiger partial charge in [-0.1, -0.05) is 18.2 Å². The van der Waals surface area contributed by atoms with Gasteiger partial charge in [-0.3, -0.25) is 0 Å². The second-order valence-corrected chi connectivity index (χ2v) is 4.55. The molecule has 0 aromatic heterocycles. The number of alkyl halides is 1. The molecular formula is C13H17FO. The lowest BCUT2D eigenvalue weighted by molar-refractivity contribution is 0.0867. The SMILES string of the molecule is C[C@@](F)(CO)c1ccc2c(c1)CCCC2. The lowest BCUT2D eigenvalue weighted by Crippen LogP contribution is -2.21. The summed E-state index contributed by atoms with van der Waals surface area (Å²) in [5.74, 6) is 0. The molecule has 0 amide bonds. The smallest absolute Gasteiger partial charge is 0.156 e. The van der Waals surface area contributed by atoms with E-state index in [9.17, 15) is 4.39 Å². The Morgan fingerprint density at radius 2 is 1.93 bits per heavy atom. The minimum Gasteiger partial charge on any atom is -0.393 e. The van der Waals surface area contributed by atoms with Gasteiger partial charge in [0.2, 0.25) is 0 Å². The summed E-state index contributed by atoms with van der Waals surface area (Å²) in [6.45, 7) is 0.976. The van der Waals surface area contributed by atoms with Crippen molar-refractivity contribution in [3.05, 3.63) is 34.9 Å². The van der Waals surface area contributed by atoms with Crippen LogP contribution < -0.4 is 0 Å². The maximum atomic E-state index is 13.9. The average molecular weight is 208 g/mol. The number of benzene rings is 1. The van der Waals surface area contributed by atoms with E-state index < -0.39 is 12.3 Å². The molecule has 0 radical (unpaired) electrons. The molecule has 0 unspecified atom stereocenters. The van der Waals surface area contributed by atoms with Gasteiger partial charge in [0.15, 0.2) is 5.67 Å². The number of hydrogen-bond donors (Lipinski definition) is 1. The van der Waals surface area contributed by atoms with Gasteiger partial charge >= 0.3 is 0 Å². The quantitative estimate of drug-likeness (QED) is 0.792. The highest BCUT2D eigenvalue weighted by Crippen LogP contribution is 2.29. The van der Waals surface area contributed by atoms with Crippen molar-refractivity contribution in [1.29, 1.82) is 0 Å². The van der Waals surface area contributed by atoms with E-state index in [0.717, 1.165) is 12.8 Å². The number of aryl methyl sites for hydroxylation is 2. The molecule has 1 aromatic rings. The molecule has 0 saturated heterocycles. The first kappa shape index (κ1) is 10.6. The number of aliphatic hydroxyl groups is 1. The van der Waals surface area contributed by atoms with E-state index in [2.05, 4.69) is 0 Å². The normalized spacial score (nSPS) is 19.4. The summed E-state index contributed by atoms with van der Waals surface area (Å²) in [6, 6.07) is 5.74. The Balaban J connectivity index is 2.36. The molecule has 1 N–H and O–H groups in total. The van der Waals surface area contributed by atoms with Crippen molar-refractivity contribution in [1.82, 2.24) is 0 Å². The van der Waals surface area contributed by atoms with E-state index in [-0.39, 0.29) is 0 Å². The van der Waals surface area contributed by atoms with Crippen LogP contribution >= 0.6 is 0 Å². The highest BCUT2D eigenvalue weighted by atomic mass is 19.1. The zero-order valence-corrected chi connectivity index (χ0v) is 9.09. The maximum Gasteiger partial charge on any atom is 0.156 e. The summed E-state index contributed by atoms with van der Waals surface area (Å²) in [7, 11) is 0. The largest absolute Gasteiger partial charge is 0.393 e. The average Bonchev–Trinajstić information content (AvgIpc) is 2.28. The van der Waals surface area contributed by atoms with Gasteiger partial charge < -0.3 is 5.11 Å². The Bertz CT molecular complexity index is 358. The fourth-order valence-electron chi connectivity index (χ4n) is 2.15. The van der Waals surface area contributed by atoms with Gasteiger partial charge in [0.25, 0.3) is 0 Å². The van der Waals surface area contributed by atoms with Crippen molar-refractivity contribution in [3.63, 3.8) is 0 Å². The van der Waals surface area contributed by atoms with Gasteiger partial charge in [-0.05, 0) is 49.3 Å². The van der Waals surface area contributed by atoms with Crippen molar-refractivity contribution in [2.24, 2.45) is 0 Å². The third-order valence-electron chi connectivity index (χ3n) is 3.25. The third kappa shape index (κ3) is 2.05. The Kier molecular flexibility index (Phi) is 2.79. The molecule has 82 valence electrons. The van der Waals surface area contributed by atoms with E-state index in [4.69, 9.17) is 5.11 Å². The molecule has 0 saturated carbocycles. The molecule has 1 atom stereocenters. The van der Waals surface area contributed by atoms with E-state index >= 15 is 0 Å². The Morgan fingerprint density at radius 3 is 2.60 bits per heavy atom. The van der Waals surface area contributed by atoms with E-state index in [1.165, 1.54) is 30.9 Å². The number of fused-ring (bicyclic) bond motifs is 1. The highest BCUT2D eigenvalue weighted by molar-refractivity contribution is 5.36. The summed E-state index contributed by atoms with van der Waals surface area (Å²) in [5.41, 5.74) is 1.60. The van der Waals surface area contributed by atoms with Crippen LogP contribution in [0.5, 0.6) is 0 Å². The Morgan fingerprint density at radius 1 is 1.27 bits per heavy atom. The van der Waals surface area contributed by atoms with Crippen molar-refractivity contribution in [2.75, 3.05) is 6.61 Å². The summed E-state index contributed by atoms with van der Waals surface area (Å²) < 4.78 is 13.9. The van der Waals surface area contributed by atoms with Crippen molar-refractivity contribution >= 4 is 0 Å². The molecule has 0 spiro atoms. The highest BCUT2D eigenvalue weighted by Gasteiger charge is 2.25. The van der Waals surface area contributed by atoms with Crippen LogP contribution in [0, 0.1) is 0 Å². The van der Waals surface area contributed by atoms with Crippen LogP contribution in [-0.2, 0) is 18.5 Å². The van der Waals surface area contributed by atoms with Gasteiger partial charge in [0.1, 0.15) is 0 Å².